The molecular formula is C18H25NO. The lowest BCUT2D eigenvalue weighted by molar-refractivity contribution is 0.0720. The van der Waals surface area contributed by atoms with E-state index in [1.807, 2.05) is 0 Å². The lowest BCUT2D eigenvalue weighted by atomic mass is 9.81. The average Bonchev–Trinajstić information content (AvgIpc) is 3.09. The lowest BCUT2D eigenvalue weighted by Gasteiger charge is -2.33. The Kier molecular flexibility index (Phi) is 3.53. The highest BCUT2D eigenvalue weighted by molar-refractivity contribution is 5.24. The van der Waals surface area contributed by atoms with Crippen molar-refractivity contribution in [3.63, 3.8) is 0 Å². The fraction of sp³-hybridized carbons (Fsp3) is 0.667. The van der Waals surface area contributed by atoms with Gasteiger partial charge in [-0.05, 0) is 55.4 Å². The predicted octanol–water partition coefficient (Wildman–Crippen LogP) is 3.34. The van der Waals surface area contributed by atoms with E-state index in [4.69, 9.17) is 4.74 Å². The summed E-state index contributed by atoms with van der Waals surface area (Å²) in [5, 5.41) is 3.94. The van der Waals surface area contributed by atoms with Crippen LogP contribution in [0.15, 0.2) is 30.3 Å². The van der Waals surface area contributed by atoms with E-state index in [9.17, 15) is 0 Å². The molecule has 108 valence electrons. The van der Waals surface area contributed by atoms with Crippen LogP contribution in [-0.2, 0) is 4.74 Å². The molecule has 1 unspecified atom stereocenters. The molecule has 2 aliphatic carbocycles. The highest BCUT2D eigenvalue weighted by atomic mass is 16.5. The quantitative estimate of drug-likeness (QED) is 0.910. The van der Waals surface area contributed by atoms with E-state index < -0.39 is 0 Å². The van der Waals surface area contributed by atoms with Crippen molar-refractivity contribution in [2.75, 3.05) is 13.2 Å². The van der Waals surface area contributed by atoms with Gasteiger partial charge in [-0.25, -0.2) is 0 Å². The van der Waals surface area contributed by atoms with Crippen molar-refractivity contribution >= 4 is 0 Å². The molecule has 4 rings (SSSR count). The van der Waals surface area contributed by atoms with Gasteiger partial charge in [0.2, 0.25) is 0 Å². The monoisotopic (exact) mass is 271 g/mol. The van der Waals surface area contributed by atoms with Gasteiger partial charge in [-0.1, -0.05) is 30.3 Å². The number of nitrogens with one attached hydrogen (secondary N) is 1. The largest absolute Gasteiger partial charge is 0.381 e. The van der Waals surface area contributed by atoms with E-state index in [1.54, 1.807) is 5.56 Å². The zero-order valence-corrected chi connectivity index (χ0v) is 12.1. The number of ether oxygens (including phenoxy) is 1. The van der Waals surface area contributed by atoms with E-state index >= 15 is 0 Å². The molecule has 1 heterocycles. The van der Waals surface area contributed by atoms with Gasteiger partial charge in [0.05, 0.1) is 0 Å². The van der Waals surface area contributed by atoms with Crippen LogP contribution in [0.1, 0.15) is 43.6 Å². The van der Waals surface area contributed by atoms with E-state index in [1.165, 1.54) is 32.1 Å². The summed E-state index contributed by atoms with van der Waals surface area (Å²) in [5.74, 6) is 2.65. The number of rotatable bonds is 3. The molecule has 4 atom stereocenters. The van der Waals surface area contributed by atoms with E-state index in [0.717, 1.165) is 37.0 Å². The second kappa shape index (κ2) is 5.50. The van der Waals surface area contributed by atoms with Crippen LogP contribution < -0.4 is 5.32 Å². The first-order valence-electron chi connectivity index (χ1n) is 8.29. The van der Waals surface area contributed by atoms with Crippen molar-refractivity contribution in [1.29, 1.82) is 0 Å². The third-order valence-electron chi connectivity index (χ3n) is 5.76. The molecule has 1 aliphatic heterocycles. The van der Waals surface area contributed by atoms with Gasteiger partial charge in [0, 0.05) is 25.3 Å². The summed E-state index contributed by atoms with van der Waals surface area (Å²) < 4.78 is 5.46. The van der Waals surface area contributed by atoms with E-state index in [0.29, 0.717) is 6.04 Å². The maximum Gasteiger partial charge on any atom is 0.0480 e. The number of hydrogen-bond acceptors (Lipinski definition) is 2. The molecule has 1 saturated heterocycles. The minimum absolute atomic E-state index is 0.711. The van der Waals surface area contributed by atoms with Gasteiger partial charge in [-0.2, -0.15) is 0 Å². The Morgan fingerprint density at radius 3 is 2.40 bits per heavy atom. The van der Waals surface area contributed by atoms with Gasteiger partial charge in [0.25, 0.3) is 0 Å². The second-order valence-electron chi connectivity index (χ2n) is 6.90. The van der Waals surface area contributed by atoms with Gasteiger partial charge >= 0.3 is 0 Å². The summed E-state index contributed by atoms with van der Waals surface area (Å²) in [4.78, 5) is 0. The third-order valence-corrected chi connectivity index (χ3v) is 5.76. The van der Waals surface area contributed by atoms with Crippen molar-refractivity contribution < 1.29 is 4.74 Å². The lowest BCUT2D eigenvalue weighted by Crippen LogP contribution is -2.44. The molecule has 2 heteroatoms. The molecule has 1 aromatic rings. The summed E-state index contributed by atoms with van der Waals surface area (Å²) in [6, 6.07) is 12.7. The second-order valence-corrected chi connectivity index (χ2v) is 6.90. The van der Waals surface area contributed by atoms with Crippen LogP contribution in [-0.4, -0.2) is 25.3 Å². The SMILES string of the molecule is c1ccc([C@H]2C[C@@H]3C[C@H]2CC3NC2CCOCC2)cc1. The fourth-order valence-electron chi connectivity index (χ4n) is 4.76. The molecular weight excluding hydrogens is 246 g/mol. The highest BCUT2D eigenvalue weighted by Crippen LogP contribution is 2.53. The van der Waals surface area contributed by atoms with Gasteiger partial charge < -0.3 is 10.1 Å². The van der Waals surface area contributed by atoms with Crippen molar-refractivity contribution in [3.8, 4) is 0 Å². The molecule has 3 aliphatic rings. The zero-order chi connectivity index (χ0) is 13.4. The summed E-state index contributed by atoms with van der Waals surface area (Å²) in [7, 11) is 0. The standard InChI is InChI=1S/C18H25NO/c1-2-4-13(5-3-1)17-11-15-10-14(17)12-18(15)19-16-6-8-20-9-7-16/h1-5,14-19H,6-12H2/t14-,15-,17+,18?/m0/s1. The first-order chi connectivity index (χ1) is 9.90. The average molecular weight is 271 g/mol. The Hall–Kier alpha value is -0.860. The van der Waals surface area contributed by atoms with Crippen molar-refractivity contribution in [2.24, 2.45) is 11.8 Å². The maximum atomic E-state index is 5.46. The molecule has 3 fully saturated rings. The Labute approximate surface area is 121 Å². The Morgan fingerprint density at radius 2 is 1.70 bits per heavy atom. The normalized spacial score (nSPS) is 37.4. The summed E-state index contributed by atoms with van der Waals surface area (Å²) in [5.41, 5.74) is 1.57. The minimum atomic E-state index is 0.711. The Bertz CT molecular complexity index is 440. The van der Waals surface area contributed by atoms with Crippen molar-refractivity contribution in [2.45, 2.75) is 50.1 Å². The molecule has 2 saturated carbocycles. The first kappa shape index (κ1) is 12.8. The topological polar surface area (TPSA) is 21.3 Å². The Morgan fingerprint density at radius 1 is 0.900 bits per heavy atom. The molecule has 20 heavy (non-hydrogen) atoms. The number of hydrogen-bond donors (Lipinski definition) is 1. The molecule has 0 spiro atoms. The molecule has 2 bridgehead atoms. The van der Waals surface area contributed by atoms with Gasteiger partial charge in [0.15, 0.2) is 0 Å². The Balaban J connectivity index is 1.37. The van der Waals surface area contributed by atoms with E-state index in [2.05, 4.69) is 35.6 Å². The van der Waals surface area contributed by atoms with Crippen LogP contribution in [0.5, 0.6) is 0 Å². The van der Waals surface area contributed by atoms with Gasteiger partial charge in [-0.15, -0.1) is 0 Å². The molecule has 2 nitrogen and oxygen atoms in total. The van der Waals surface area contributed by atoms with E-state index in [-0.39, 0.29) is 0 Å². The fourth-order valence-corrected chi connectivity index (χ4v) is 4.76. The highest BCUT2D eigenvalue weighted by Gasteiger charge is 2.46. The molecule has 1 aromatic carbocycles. The van der Waals surface area contributed by atoms with Crippen LogP contribution >= 0.6 is 0 Å². The molecule has 1 N–H and O–H groups in total. The number of benzene rings is 1. The van der Waals surface area contributed by atoms with Crippen LogP contribution in [0.3, 0.4) is 0 Å². The van der Waals surface area contributed by atoms with Gasteiger partial charge in [-0.3, -0.25) is 0 Å². The third kappa shape index (κ3) is 2.40. The van der Waals surface area contributed by atoms with Crippen molar-refractivity contribution in [1.82, 2.24) is 5.32 Å². The summed E-state index contributed by atoms with van der Waals surface area (Å²) >= 11 is 0. The predicted molar refractivity (Wildman–Crippen MR) is 80.8 cm³/mol. The van der Waals surface area contributed by atoms with Crippen LogP contribution in [0.25, 0.3) is 0 Å². The zero-order valence-electron chi connectivity index (χ0n) is 12.1. The summed E-state index contributed by atoms with van der Waals surface area (Å²) in [6.45, 7) is 1.90. The molecule has 0 amide bonds. The van der Waals surface area contributed by atoms with Gasteiger partial charge in [0.1, 0.15) is 0 Å². The molecule has 0 aromatic heterocycles. The minimum Gasteiger partial charge on any atom is -0.381 e. The number of fused-ring (bicyclic) bond motifs is 2. The van der Waals surface area contributed by atoms with Crippen LogP contribution in [0.4, 0.5) is 0 Å². The summed E-state index contributed by atoms with van der Waals surface area (Å²) in [6.07, 6.45) is 6.64. The van der Waals surface area contributed by atoms with Crippen molar-refractivity contribution in [3.05, 3.63) is 35.9 Å². The smallest absolute Gasteiger partial charge is 0.0480 e. The first-order valence-corrected chi connectivity index (χ1v) is 8.29. The molecule has 0 radical (unpaired) electrons. The van der Waals surface area contributed by atoms with Crippen LogP contribution in [0.2, 0.25) is 0 Å². The maximum absolute atomic E-state index is 5.46. The van der Waals surface area contributed by atoms with Crippen LogP contribution in [0, 0.1) is 11.8 Å².